The van der Waals surface area contributed by atoms with Crippen LogP contribution < -0.4 is 5.32 Å². The van der Waals surface area contributed by atoms with E-state index in [1.165, 1.54) is 23.5 Å². The molecule has 3 aromatic rings. The van der Waals surface area contributed by atoms with Crippen LogP contribution in [0.25, 0.3) is 10.2 Å². The Labute approximate surface area is 107 Å². The number of nitrogens with zero attached hydrogens (tertiary/aromatic N) is 3. The molecule has 0 bridgehead atoms. The molecule has 1 N–H and O–H groups in total. The number of imidazole rings is 1. The number of nitrogens with one attached hydrogen (secondary N) is 1. The molecule has 1 aromatic carbocycles. The average molecular weight is 262 g/mol. The van der Waals surface area contributed by atoms with E-state index in [9.17, 15) is 4.39 Å². The second-order valence-corrected chi connectivity index (χ2v) is 4.97. The van der Waals surface area contributed by atoms with E-state index >= 15 is 0 Å². The first-order chi connectivity index (χ1) is 8.72. The van der Waals surface area contributed by atoms with E-state index in [0.29, 0.717) is 12.1 Å². The predicted molar refractivity (Wildman–Crippen MR) is 70.1 cm³/mol. The Morgan fingerprint density at radius 3 is 3.11 bits per heavy atom. The third kappa shape index (κ3) is 2.06. The lowest BCUT2D eigenvalue weighted by Gasteiger charge is -2.01. The van der Waals surface area contributed by atoms with Crippen molar-refractivity contribution in [1.82, 2.24) is 14.5 Å². The predicted octanol–water partition coefficient (Wildman–Crippen LogP) is 2.78. The molecule has 18 heavy (non-hydrogen) atoms. The van der Waals surface area contributed by atoms with Crippen molar-refractivity contribution in [2.24, 2.45) is 7.05 Å². The van der Waals surface area contributed by atoms with Crippen molar-refractivity contribution in [3.05, 3.63) is 42.2 Å². The molecule has 0 atom stereocenters. The van der Waals surface area contributed by atoms with E-state index in [0.717, 1.165) is 15.7 Å². The summed E-state index contributed by atoms with van der Waals surface area (Å²) in [7, 11) is 1.94. The highest BCUT2D eigenvalue weighted by Crippen LogP contribution is 2.26. The van der Waals surface area contributed by atoms with Crippen molar-refractivity contribution < 1.29 is 4.39 Å². The highest BCUT2D eigenvalue weighted by atomic mass is 32.1. The van der Waals surface area contributed by atoms with Crippen LogP contribution in [0.2, 0.25) is 0 Å². The number of benzene rings is 1. The number of fused-ring (bicyclic) bond motifs is 1. The van der Waals surface area contributed by atoms with E-state index < -0.39 is 0 Å². The van der Waals surface area contributed by atoms with Crippen LogP contribution in [0.5, 0.6) is 0 Å². The van der Waals surface area contributed by atoms with E-state index in [2.05, 4.69) is 15.3 Å². The number of anilines is 1. The first-order valence-electron chi connectivity index (χ1n) is 5.48. The van der Waals surface area contributed by atoms with E-state index in [1.54, 1.807) is 12.3 Å². The maximum Gasteiger partial charge on any atom is 0.184 e. The van der Waals surface area contributed by atoms with Gasteiger partial charge in [0.2, 0.25) is 0 Å². The maximum atomic E-state index is 13.0. The van der Waals surface area contributed by atoms with E-state index in [4.69, 9.17) is 0 Å². The molecular weight excluding hydrogens is 251 g/mol. The van der Waals surface area contributed by atoms with E-state index in [1.807, 2.05) is 17.8 Å². The summed E-state index contributed by atoms with van der Waals surface area (Å²) in [5.74, 6) is 0.670. The Kier molecular flexibility index (Phi) is 2.71. The van der Waals surface area contributed by atoms with Crippen molar-refractivity contribution in [2.45, 2.75) is 6.54 Å². The van der Waals surface area contributed by atoms with Crippen molar-refractivity contribution in [1.29, 1.82) is 0 Å². The molecule has 2 heterocycles. The fourth-order valence-electron chi connectivity index (χ4n) is 1.70. The standard InChI is InChI=1S/C12H11FN4S/c1-17-5-4-14-11(17)7-15-12-16-9-6-8(13)2-3-10(9)18-12/h2-6H,7H2,1H3,(H,15,16). The second kappa shape index (κ2) is 4.38. The molecule has 0 amide bonds. The minimum Gasteiger partial charge on any atom is -0.354 e. The van der Waals surface area contributed by atoms with Crippen LogP contribution in [0.3, 0.4) is 0 Å². The molecule has 0 radical (unpaired) electrons. The summed E-state index contributed by atoms with van der Waals surface area (Å²) in [5.41, 5.74) is 0.683. The molecule has 0 unspecified atom stereocenters. The first-order valence-corrected chi connectivity index (χ1v) is 6.30. The molecule has 4 nitrogen and oxygen atoms in total. The average Bonchev–Trinajstić information content (AvgIpc) is 2.92. The molecule has 0 spiro atoms. The third-order valence-corrected chi connectivity index (χ3v) is 3.66. The van der Waals surface area contributed by atoms with Gasteiger partial charge in [-0.2, -0.15) is 0 Å². The lowest BCUT2D eigenvalue weighted by atomic mass is 10.3. The molecule has 0 aliphatic carbocycles. The molecule has 6 heteroatoms. The smallest absolute Gasteiger partial charge is 0.184 e. The number of halogens is 1. The van der Waals surface area contributed by atoms with Gasteiger partial charge in [-0.15, -0.1) is 0 Å². The third-order valence-electron chi connectivity index (χ3n) is 2.67. The van der Waals surface area contributed by atoms with Gasteiger partial charge in [0.15, 0.2) is 5.13 Å². The van der Waals surface area contributed by atoms with Gasteiger partial charge in [0.25, 0.3) is 0 Å². The minimum atomic E-state index is -0.261. The van der Waals surface area contributed by atoms with E-state index in [-0.39, 0.29) is 5.82 Å². The van der Waals surface area contributed by atoms with Crippen LogP contribution in [0, 0.1) is 5.82 Å². The second-order valence-electron chi connectivity index (χ2n) is 3.94. The SMILES string of the molecule is Cn1ccnc1CNc1nc2cc(F)ccc2s1. The normalized spacial score (nSPS) is 11.0. The number of rotatable bonds is 3. The molecule has 0 fully saturated rings. The molecule has 0 saturated heterocycles. The quantitative estimate of drug-likeness (QED) is 0.789. The van der Waals surface area contributed by atoms with Gasteiger partial charge in [0.05, 0.1) is 16.8 Å². The summed E-state index contributed by atoms with van der Waals surface area (Å²) >= 11 is 1.51. The highest BCUT2D eigenvalue weighted by molar-refractivity contribution is 7.22. The molecule has 0 saturated carbocycles. The maximum absolute atomic E-state index is 13.0. The zero-order valence-corrected chi connectivity index (χ0v) is 10.5. The number of hydrogen-bond donors (Lipinski definition) is 1. The van der Waals surface area contributed by atoms with Gasteiger partial charge in [-0.1, -0.05) is 11.3 Å². The molecule has 2 aromatic heterocycles. The van der Waals surface area contributed by atoms with Gasteiger partial charge in [0.1, 0.15) is 11.6 Å². The van der Waals surface area contributed by atoms with Gasteiger partial charge in [-0.25, -0.2) is 14.4 Å². The Morgan fingerprint density at radius 2 is 2.33 bits per heavy atom. The zero-order chi connectivity index (χ0) is 12.5. The van der Waals surface area contributed by atoms with Crippen molar-refractivity contribution in [3.63, 3.8) is 0 Å². The number of aryl methyl sites for hydroxylation is 1. The number of hydrogen-bond acceptors (Lipinski definition) is 4. The largest absolute Gasteiger partial charge is 0.354 e. The Morgan fingerprint density at radius 1 is 1.44 bits per heavy atom. The Balaban J connectivity index is 1.81. The Hall–Kier alpha value is -1.95. The summed E-state index contributed by atoms with van der Waals surface area (Å²) in [4.78, 5) is 8.55. The summed E-state index contributed by atoms with van der Waals surface area (Å²) in [5, 5.41) is 3.97. The number of thiazole rings is 1. The summed E-state index contributed by atoms with van der Waals surface area (Å²) < 4.78 is 16.0. The number of aromatic nitrogens is 3. The molecular formula is C12H11FN4S. The molecule has 92 valence electrons. The van der Waals surface area contributed by atoms with Crippen LogP contribution in [-0.2, 0) is 13.6 Å². The topological polar surface area (TPSA) is 42.7 Å². The van der Waals surface area contributed by atoms with Crippen LogP contribution in [0.15, 0.2) is 30.6 Å². The summed E-state index contributed by atoms with van der Waals surface area (Å²) in [6.45, 7) is 0.603. The van der Waals surface area contributed by atoms with Crippen molar-refractivity contribution in [3.8, 4) is 0 Å². The van der Waals surface area contributed by atoms with Crippen LogP contribution >= 0.6 is 11.3 Å². The monoisotopic (exact) mass is 262 g/mol. The molecule has 0 aliphatic rings. The molecule has 0 aliphatic heterocycles. The first kappa shape index (κ1) is 11.2. The highest BCUT2D eigenvalue weighted by Gasteiger charge is 2.05. The lowest BCUT2D eigenvalue weighted by Crippen LogP contribution is -2.05. The summed E-state index contributed by atoms with van der Waals surface area (Å²) in [6.07, 6.45) is 3.65. The van der Waals surface area contributed by atoms with Crippen molar-refractivity contribution in [2.75, 3.05) is 5.32 Å². The minimum absolute atomic E-state index is 0.261. The van der Waals surface area contributed by atoms with Gasteiger partial charge < -0.3 is 9.88 Å². The van der Waals surface area contributed by atoms with Crippen LogP contribution in [-0.4, -0.2) is 14.5 Å². The fourth-order valence-corrected chi connectivity index (χ4v) is 2.54. The fraction of sp³-hybridized carbons (Fsp3) is 0.167. The lowest BCUT2D eigenvalue weighted by molar-refractivity contribution is 0.629. The zero-order valence-electron chi connectivity index (χ0n) is 9.72. The molecule has 3 rings (SSSR count). The van der Waals surface area contributed by atoms with Crippen LogP contribution in [0.4, 0.5) is 9.52 Å². The van der Waals surface area contributed by atoms with Gasteiger partial charge in [-0.05, 0) is 12.1 Å². The van der Waals surface area contributed by atoms with Crippen molar-refractivity contribution >= 4 is 26.7 Å². The summed E-state index contributed by atoms with van der Waals surface area (Å²) in [6, 6.07) is 4.63. The van der Waals surface area contributed by atoms with Crippen LogP contribution in [0.1, 0.15) is 5.82 Å². The van der Waals surface area contributed by atoms with Gasteiger partial charge in [-0.3, -0.25) is 0 Å². The van der Waals surface area contributed by atoms with Gasteiger partial charge >= 0.3 is 0 Å². The van der Waals surface area contributed by atoms with Gasteiger partial charge in [0, 0.05) is 25.5 Å². The Bertz CT molecular complexity index is 688.